The van der Waals surface area contributed by atoms with Crippen LogP contribution in [-0.4, -0.2) is 20.8 Å². The van der Waals surface area contributed by atoms with E-state index in [1.807, 2.05) is 78.8 Å². The molecule has 0 aliphatic heterocycles. The van der Waals surface area contributed by atoms with Gasteiger partial charge in [0.15, 0.2) is 0 Å². The van der Waals surface area contributed by atoms with Crippen molar-refractivity contribution in [2.45, 2.75) is 59.0 Å². The summed E-state index contributed by atoms with van der Waals surface area (Å²) in [5.74, 6) is 0.122. The maximum absolute atomic E-state index is 12.8. The highest BCUT2D eigenvalue weighted by Crippen LogP contribution is 2.29. The molecule has 29 heavy (non-hydrogen) atoms. The number of hydrogen-bond donors (Lipinski definition) is 2. The second-order valence-corrected chi connectivity index (χ2v) is 12.3. The highest BCUT2D eigenvalue weighted by atomic mass is 32.2. The average Bonchev–Trinajstić information content (AvgIpc) is 2.94. The Morgan fingerprint density at radius 1 is 1.03 bits per heavy atom. The third kappa shape index (κ3) is 6.51. The van der Waals surface area contributed by atoms with E-state index in [2.05, 4.69) is 10.6 Å². The Morgan fingerprint density at radius 2 is 1.69 bits per heavy atom. The minimum absolute atomic E-state index is 0.0924. The molecule has 0 saturated heterocycles. The fraction of sp³-hybridized carbons (Fsp3) is 0.455. The molecule has 0 aliphatic carbocycles. The molecule has 2 amide bonds. The zero-order chi connectivity index (χ0) is 22.0. The second kappa shape index (κ2) is 8.79. The maximum atomic E-state index is 12.8. The molecule has 1 aromatic carbocycles. The van der Waals surface area contributed by atoms with Gasteiger partial charge in [0.2, 0.25) is 5.91 Å². The van der Waals surface area contributed by atoms with E-state index in [4.69, 9.17) is 0 Å². The van der Waals surface area contributed by atoms with Crippen LogP contribution in [0.15, 0.2) is 30.3 Å². The van der Waals surface area contributed by atoms with E-state index < -0.39 is 16.2 Å². The summed E-state index contributed by atoms with van der Waals surface area (Å²) in [6.45, 7) is 13.2. The molecule has 158 valence electrons. The molecule has 0 radical (unpaired) electrons. The van der Waals surface area contributed by atoms with Gasteiger partial charge in [-0.25, -0.2) is 0 Å². The van der Waals surface area contributed by atoms with E-state index >= 15 is 0 Å². The molecule has 0 saturated carbocycles. The van der Waals surface area contributed by atoms with Crippen LogP contribution in [0.2, 0.25) is 0 Å². The van der Waals surface area contributed by atoms with Gasteiger partial charge < -0.3 is 10.6 Å². The van der Waals surface area contributed by atoms with Crippen molar-refractivity contribution in [2.75, 3.05) is 10.6 Å². The van der Waals surface area contributed by atoms with Crippen molar-refractivity contribution in [1.29, 1.82) is 0 Å². The van der Waals surface area contributed by atoms with Crippen molar-refractivity contribution >= 4 is 44.6 Å². The Bertz CT molecular complexity index is 934. The van der Waals surface area contributed by atoms with E-state index in [9.17, 15) is 13.8 Å². The second-order valence-electron chi connectivity index (χ2n) is 9.08. The van der Waals surface area contributed by atoms with Crippen molar-refractivity contribution in [3.8, 4) is 0 Å². The first-order valence-electron chi connectivity index (χ1n) is 9.48. The summed E-state index contributed by atoms with van der Waals surface area (Å²) >= 11 is 1.26. The lowest BCUT2D eigenvalue weighted by Gasteiger charge is -2.18. The normalized spacial score (nSPS) is 13.1. The molecule has 1 heterocycles. The Morgan fingerprint density at radius 3 is 2.28 bits per heavy atom. The molecular formula is C22H30N2O3S2. The van der Waals surface area contributed by atoms with E-state index in [-0.39, 0.29) is 16.6 Å². The molecular weight excluding hydrogens is 404 g/mol. The number of anilines is 2. The number of carbonyl (C=O) groups excluding carboxylic acids is 2. The van der Waals surface area contributed by atoms with Gasteiger partial charge in [0, 0.05) is 32.4 Å². The standard InChI is InChI=1S/C22H30N2O3S2/c1-14-11-17(24-20(26)21(2,3)4)28-18(14)19(25)23-16-10-8-9-15(12-16)13-29(27)22(5,6)7/h8-12H,13H2,1-7H3,(H,23,25)(H,24,26). The number of carbonyl (C=O) groups is 2. The third-order valence-electron chi connectivity index (χ3n) is 4.21. The minimum atomic E-state index is -1.01. The van der Waals surface area contributed by atoms with Crippen molar-refractivity contribution in [2.24, 2.45) is 5.41 Å². The van der Waals surface area contributed by atoms with Gasteiger partial charge in [-0.2, -0.15) is 0 Å². The summed E-state index contributed by atoms with van der Waals surface area (Å²) < 4.78 is 12.1. The summed E-state index contributed by atoms with van der Waals surface area (Å²) in [6.07, 6.45) is 0. The van der Waals surface area contributed by atoms with Crippen LogP contribution in [0.4, 0.5) is 10.7 Å². The van der Waals surface area contributed by atoms with Gasteiger partial charge in [-0.15, -0.1) is 11.3 Å². The average molecular weight is 435 g/mol. The Balaban J connectivity index is 2.12. The maximum Gasteiger partial charge on any atom is 0.266 e. The lowest BCUT2D eigenvalue weighted by Crippen LogP contribution is -2.27. The number of benzene rings is 1. The van der Waals surface area contributed by atoms with E-state index in [1.54, 1.807) is 0 Å². The van der Waals surface area contributed by atoms with E-state index in [0.29, 0.717) is 21.3 Å². The van der Waals surface area contributed by atoms with Crippen LogP contribution < -0.4 is 10.6 Å². The zero-order valence-electron chi connectivity index (χ0n) is 18.1. The van der Waals surface area contributed by atoms with Gasteiger partial charge in [0.05, 0.1) is 9.88 Å². The minimum Gasteiger partial charge on any atom is -0.321 e. The molecule has 2 N–H and O–H groups in total. The highest BCUT2D eigenvalue weighted by molar-refractivity contribution is 7.85. The smallest absolute Gasteiger partial charge is 0.266 e. The lowest BCUT2D eigenvalue weighted by atomic mass is 9.96. The lowest BCUT2D eigenvalue weighted by molar-refractivity contribution is -0.123. The first-order valence-corrected chi connectivity index (χ1v) is 11.6. The summed E-state index contributed by atoms with van der Waals surface area (Å²) in [5, 5.41) is 6.44. The van der Waals surface area contributed by atoms with Crippen molar-refractivity contribution in [3.63, 3.8) is 0 Å². The fourth-order valence-electron chi connectivity index (χ4n) is 2.36. The molecule has 1 aromatic heterocycles. The Kier molecular flexibility index (Phi) is 7.06. The molecule has 7 heteroatoms. The molecule has 1 unspecified atom stereocenters. The van der Waals surface area contributed by atoms with Crippen LogP contribution in [0.3, 0.4) is 0 Å². The van der Waals surface area contributed by atoms with Crippen molar-refractivity contribution in [1.82, 2.24) is 0 Å². The highest BCUT2D eigenvalue weighted by Gasteiger charge is 2.23. The van der Waals surface area contributed by atoms with Gasteiger partial charge >= 0.3 is 0 Å². The van der Waals surface area contributed by atoms with Crippen molar-refractivity contribution < 1.29 is 13.8 Å². The quantitative estimate of drug-likeness (QED) is 0.667. The van der Waals surface area contributed by atoms with Crippen molar-refractivity contribution in [3.05, 3.63) is 46.3 Å². The number of hydrogen-bond acceptors (Lipinski definition) is 4. The monoisotopic (exact) mass is 434 g/mol. The molecule has 0 spiro atoms. The Hall–Kier alpha value is -1.99. The number of rotatable bonds is 5. The largest absolute Gasteiger partial charge is 0.321 e. The predicted molar refractivity (Wildman–Crippen MR) is 123 cm³/mol. The van der Waals surface area contributed by atoms with Crippen LogP contribution in [0.1, 0.15) is 62.3 Å². The predicted octanol–water partition coefficient (Wildman–Crippen LogP) is 5.34. The van der Waals surface area contributed by atoms with Crippen LogP contribution in [-0.2, 0) is 21.3 Å². The first kappa shape index (κ1) is 23.3. The van der Waals surface area contributed by atoms with Crippen LogP contribution in [0.5, 0.6) is 0 Å². The third-order valence-corrected chi connectivity index (χ3v) is 7.32. The summed E-state index contributed by atoms with van der Waals surface area (Å²) in [5.41, 5.74) is 1.87. The molecule has 2 aromatic rings. The van der Waals surface area contributed by atoms with Gasteiger partial charge in [-0.3, -0.25) is 13.8 Å². The van der Waals surface area contributed by atoms with E-state index in [1.165, 1.54) is 11.3 Å². The van der Waals surface area contributed by atoms with E-state index in [0.717, 1.165) is 11.1 Å². The van der Waals surface area contributed by atoms with Gasteiger partial charge in [-0.1, -0.05) is 32.9 Å². The van der Waals surface area contributed by atoms with Crippen LogP contribution in [0, 0.1) is 12.3 Å². The molecule has 0 aliphatic rings. The molecule has 1 atom stereocenters. The summed E-state index contributed by atoms with van der Waals surface area (Å²) in [6, 6.07) is 9.24. The first-order chi connectivity index (χ1) is 13.3. The van der Waals surface area contributed by atoms with Crippen LogP contribution >= 0.6 is 11.3 Å². The number of thiophene rings is 1. The summed E-state index contributed by atoms with van der Waals surface area (Å²) in [4.78, 5) is 25.5. The van der Waals surface area contributed by atoms with Gasteiger partial charge in [0.1, 0.15) is 0 Å². The van der Waals surface area contributed by atoms with Crippen LogP contribution in [0.25, 0.3) is 0 Å². The number of amides is 2. The molecule has 5 nitrogen and oxygen atoms in total. The number of nitrogens with one attached hydrogen (secondary N) is 2. The molecule has 2 rings (SSSR count). The molecule has 0 bridgehead atoms. The van der Waals surface area contributed by atoms with Gasteiger partial charge in [0.25, 0.3) is 5.91 Å². The summed E-state index contributed by atoms with van der Waals surface area (Å²) in [7, 11) is -1.01. The molecule has 0 fully saturated rings. The van der Waals surface area contributed by atoms with Gasteiger partial charge in [-0.05, 0) is 57.0 Å². The fourth-order valence-corrected chi connectivity index (χ4v) is 4.24. The number of aryl methyl sites for hydroxylation is 1. The zero-order valence-corrected chi connectivity index (χ0v) is 19.8. The Labute approximate surface area is 179 Å². The topological polar surface area (TPSA) is 75.3 Å². The SMILES string of the molecule is Cc1cc(NC(=O)C(C)(C)C)sc1C(=O)Nc1cccc(CS(=O)C(C)(C)C)c1.